The van der Waals surface area contributed by atoms with Gasteiger partial charge in [0.05, 0.1) is 12.1 Å². The third-order valence-corrected chi connectivity index (χ3v) is 5.30. The zero-order valence-electron chi connectivity index (χ0n) is 15.9. The lowest BCUT2D eigenvalue weighted by Gasteiger charge is -2.13. The van der Waals surface area contributed by atoms with Crippen molar-refractivity contribution in [3.8, 4) is 0 Å². The van der Waals surface area contributed by atoms with Gasteiger partial charge < -0.3 is 10.1 Å². The van der Waals surface area contributed by atoms with Crippen LogP contribution in [0.5, 0.6) is 0 Å². The first-order valence-electron chi connectivity index (χ1n) is 9.23. The van der Waals surface area contributed by atoms with Gasteiger partial charge >= 0.3 is 5.97 Å². The molecule has 2 aromatic rings. The van der Waals surface area contributed by atoms with Crippen molar-refractivity contribution >= 4 is 39.9 Å². The largest absolute Gasteiger partial charge is 0.455 e. The van der Waals surface area contributed by atoms with Crippen molar-refractivity contribution in [2.45, 2.75) is 39.0 Å². The molecule has 0 radical (unpaired) electrons. The molecule has 7 nitrogen and oxygen atoms in total. The fraction of sp³-hybridized carbons (Fsp3) is 0.400. The van der Waals surface area contributed by atoms with E-state index in [0.717, 1.165) is 17.7 Å². The summed E-state index contributed by atoms with van der Waals surface area (Å²) in [4.78, 5) is 41.9. The van der Waals surface area contributed by atoms with Gasteiger partial charge in [-0.25, -0.2) is 4.98 Å². The summed E-state index contributed by atoms with van der Waals surface area (Å²) in [5.74, 6) is -0.595. The van der Waals surface area contributed by atoms with Crippen LogP contribution in [0.2, 0.25) is 0 Å². The van der Waals surface area contributed by atoms with Gasteiger partial charge in [-0.1, -0.05) is 32.0 Å². The third-order valence-electron chi connectivity index (χ3n) is 4.39. The van der Waals surface area contributed by atoms with E-state index in [9.17, 15) is 14.4 Å². The molecule has 0 spiro atoms. The molecule has 1 aromatic carbocycles. The molecule has 28 heavy (non-hydrogen) atoms. The Labute approximate surface area is 167 Å². The van der Waals surface area contributed by atoms with E-state index in [-0.39, 0.29) is 30.8 Å². The van der Waals surface area contributed by atoms with Crippen LogP contribution in [-0.4, -0.2) is 35.9 Å². The van der Waals surface area contributed by atoms with Crippen molar-refractivity contribution in [2.75, 3.05) is 23.4 Å². The standard InChI is InChI=1S/C20H23N3O4S/c1-13(2)15-6-3-4-7-16(15)22-17(24)11-27-19(26)10-14-12-28-20(21-14)23-9-5-8-18(23)25/h3-4,6-7,12-13H,5,8-11H2,1-2H3,(H,22,24). The summed E-state index contributed by atoms with van der Waals surface area (Å²) in [6, 6.07) is 7.55. The number of hydrogen-bond donors (Lipinski definition) is 1. The molecule has 1 aliphatic heterocycles. The number of carbonyl (C=O) groups is 3. The molecule has 1 aliphatic rings. The second kappa shape index (κ2) is 8.97. The molecule has 148 valence electrons. The van der Waals surface area contributed by atoms with E-state index in [1.165, 1.54) is 11.3 Å². The summed E-state index contributed by atoms with van der Waals surface area (Å²) in [7, 11) is 0. The first-order chi connectivity index (χ1) is 13.4. The van der Waals surface area contributed by atoms with Crippen LogP contribution in [-0.2, 0) is 25.5 Å². The molecule has 0 unspecified atom stereocenters. The highest BCUT2D eigenvalue weighted by Crippen LogP contribution is 2.26. The Morgan fingerprint density at radius 2 is 2.11 bits per heavy atom. The predicted octanol–water partition coefficient (Wildman–Crippen LogP) is 3.12. The second-order valence-electron chi connectivity index (χ2n) is 6.90. The Morgan fingerprint density at radius 1 is 1.32 bits per heavy atom. The van der Waals surface area contributed by atoms with Crippen LogP contribution in [0.3, 0.4) is 0 Å². The first-order valence-corrected chi connectivity index (χ1v) is 10.1. The van der Waals surface area contributed by atoms with Crippen LogP contribution in [0.1, 0.15) is 43.9 Å². The Kier molecular flexibility index (Phi) is 6.41. The summed E-state index contributed by atoms with van der Waals surface area (Å²) >= 11 is 1.33. The smallest absolute Gasteiger partial charge is 0.312 e. The maximum absolute atomic E-state index is 12.1. The van der Waals surface area contributed by atoms with Gasteiger partial charge in [0, 0.05) is 24.0 Å². The van der Waals surface area contributed by atoms with Gasteiger partial charge in [0.2, 0.25) is 5.91 Å². The van der Waals surface area contributed by atoms with Gasteiger partial charge in [-0.15, -0.1) is 11.3 Å². The zero-order chi connectivity index (χ0) is 20.1. The number of ether oxygens (including phenoxy) is 1. The Hall–Kier alpha value is -2.74. The van der Waals surface area contributed by atoms with Gasteiger partial charge in [0.1, 0.15) is 0 Å². The van der Waals surface area contributed by atoms with Crippen LogP contribution in [0.4, 0.5) is 10.8 Å². The number of anilines is 2. The number of amides is 2. The molecule has 1 saturated heterocycles. The number of rotatable bonds is 7. The van der Waals surface area contributed by atoms with E-state index in [1.54, 1.807) is 10.3 Å². The molecule has 1 aromatic heterocycles. The lowest BCUT2D eigenvalue weighted by atomic mass is 10.0. The van der Waals surface area contributed by atoms with Crippen LogP contribution < -0.4 is 10.2 Å². The minimum absolute atomic E-state index is 0.0333. The van der Waals surface area contributed by atoms with Crippen molar-refractivity contribution < 1.29 is 19.1 Å². The molecule has 0 saturated carbocycles. The topological polar surface area (TPSA) is 88.6 Å². The predicted molar refractivity (Wildman–Crippen MR) is 108 cm³/mol. The lowest BCUT2D eigenvalue weighted by molar-refractivity contribution is -0.146. The first kappa shape index (κ1) is 20.0. The van der Waals surface area contributed by atoms with E-state index in [1.807, 2.05) is 38.1 Å². The van der Waals surface area contributed by atoms with Gasteiger partial charge in [-0.05, 0) is 24.0 Å². The van der Waals surface area contributed by atoms with Crippen molar-refractivity contribution in [2.24, 2.45) is 0 Å². The highest BCUT2D eigenvalue weighted by atomic mass is 32.1. The SMILES string of the molecule is CC(C)c1ccccc1NC(=O)COC(=O)Cc1csc(N2CCCC2=O)n1. The van der Waals surface area contributed by atoms with E-state index in [2.05, 4.69) is 10.3 Å². The molecule has 0 atom stereocenters. The van der Waals surface area contributed by atoms with Gasteiger partial charge in [-0.2, -0.15) is 0 Å². The average molecular weight is 401 g/mol. The normalized spacial score (nSPS) is 13.8. The monoisotopic (exact) mass is 401 g/mol. The molecule has 0 aliphatic carbocycles. The average Bonchev–Trinajstić information content (AvgIpc) is 3.29. The summed E-state index contributed by atoms with van der Waals surface area (Å²) in [5.41, 5.74) is 2.28. The van der Waals surface area contributed by atoms with Crippen LogP contribution in [0, 0.1) is 0 Å². The fourth-order valence-corrected chi connectivity index (χ4v) is 3.87. The second-order valence-corrected chi connectivity index (χ2v) is 7.73. The molecule has 2 heterocycles. The van der Waals surface area contributed by atoms with Crippen molar-refractivity contribution in [3.05, 3.63) is 40.9 Å². The fourth-order valence-electron chi connectivity index (χ4n) is 3.00. The number of benzene rings is 1. The Morgan fingerprint density at radius 3 is 2.82 bits per heavy atom. The highest BCUT2D eigenvalue weighted by Gasteiger charge is 2.24. The molecular weight excluding hydrogens is 378 g/mol. The molecule has 2 amide bonds. The van der Waals surface area contributed by atoms with Crippen LogP contribution in [0.15, 0.2) is 29.6 Å². The number of aromatic nitrogens is 1. The summed E-state index contributed by atoms with van der Waals surface area (Å²) in [6.07, 6.45) is 1.32. The van der Waals surface area contributed by atoms with Crippen molar-refractivity contribution in [1.82, 2.24) is 4.98 Å². The minimum atomic E-state index is -0.531. The van der Waals surface area contributed by atoms with E-state index in [0.29, 0.717) is 23.8 Å². The number of esters is 1. The third kappa shape index (κ3) is 4.95. The molecule has 1 fully saturated rings. The maximum atomic E-state index is 12.1. The maximum Gasteiger partial charge on any atom is 0.312 e. The quantitative estimate of drug-likeness (QED) is 0.720. The van der Waals surface area contributed by atoms with Crippen molar-refractivity contribution in [1.29, 1.82) is 0 Å². The minimum Gasteiger partial charge on any atom is -0.455 e. The molecule has 0 bridgehead atoms. The van der Waals surface area contributed by atoms with Gasteiger partial charge in [-0.3, -0.25) is 19.3 Å². The lowest BCUT2D eigenvalue weighted by Crippen LogP contribution is -2.24. The molecule has 3 rings (SSSR count). The van der Waals surface area contributed by atoms with Crippen LogP contribution in [0.25, 0.3) is 0 Å². The summed E-state index contributed by atoms with van der Waals surface area (Å²) in [6.45, 7) is 4.40. The van der Waals surface area contributed by atoms with Gasteiger partial charge in [0.15, 0.2) is 11.7 Å². The number of thiazole rings is 1. The number of nitrogens with one attached hydrogen (secondary N) is 1. The number of carbonyl (C=O) groups excluding carboxylic acids is 3. The Balaban J connectivity index is 1.49. The van der Waals surface area contributed by atoms with E-state index < -0.39 is 5.97 Å². The van der Waals surface area contributed by atoms with E-state index >= 15 is 0 Å². The molecular formula is C20H23N3O4S. The number of hydrogen-bond acceptors (Lipinski definition) is 6. The number of nitrogens with zero attached hydrogens (tertiary/aromatic N) is 2. The molecule has 1 N–H and O–H groups in total. The molecule has 8 heteroatoms. The van der Waals surface area contributed by atoms with Gasteiger partial charge in [0.25, 0.3) is 5.91 Å². The summed E-state index contributed by atoms with van der Waals surface area (Å²) in [5, 5.41) is 5.13. The Bertz CT molecular complexity index is 878. The van der Waals surface area contributed by atoms with Crippen LogP contribution >= 0.6 is 11.3 Å². The van der Waals surface area contributed by atoms with Crippen molar-refractivity contribution in [3.63, 3.8) is 0 Å². The zero-order valence-corrected chi connectivity index (χ0v) is 16.8. The van der Waals surface area contributed by atoms with E-state index in [4.69, 9.17) is 4.74 Å². The number of para-hydroxylation sites is 1. The highest BCUT2D eigenvalue weighted by molar-refractivity contribution is 7.14. The summed E-state index contributed by atoms with van der Waals surface area (Å²) < 4.78 is 5.07.